The highest BCUT2D eigenvalue weighted by Crippen LogP contribution is 2.12. The Bertz CT molecular complexity index is 935. The minimum atomic E-state index is -0.452. The summed E-state index contributed by atoms with van der Waals surface area (Å²) in [6, 6.07) is 11.3. The van der Waals surface area contributed by atoms with Gasteiger partial charge < -0.3 is 0 Å². The molecule has 0 spiro atoms. The number of pyridine rings is 1. The Labute approximate surface area is 148 Å². The van der Waals surface area contributed by atoms with E-state index in [2.05, 4.69) is 20.6 Å². The molecule has 0 aliphatic carbocycles. The first-order chi connectivity index (χ1) is 12.6. The fraction of sp³-hybridized carbons (Fsp3) is 0.0588. The number of carbonyl (C=O) groups is 1. The van der Waals surface area contributed by atoms with Crippen molar-refractivity contribution in [3.05, 3.63) is 88.0 Å². The van der Waals surface area contributed by atoms with Crippen molar-refractivity contribution in [3.63, 3.8) is 0 Å². The number of non-ortho nitro benzene ring substituents is 1. The molecule has 26 heavy (non-hydrogen) atoms. The Hall–Kier alpha value is -3.88. The van der Waals surface area contributed by atoms with Gasteiger partial charge in [0.25, 0.3) is 11.6 Å². The highest BCUT2D eigenvalue weighted by atomic mass is 16.6. The first kappa shape index (κ1) is 17.0. The molecule has 1 amide bonds. The molecule has 0 radical (unpaired) electrons. The number of hydrazone groups is 1. The number of aromatic nitrogens is 3. The highest BCUT2D eigenvalue weighted by Gasteiger charge is 2.09. The summed E-state index contributed by atoms with van der Waals surface area (Å²) >= 11 is 0. The van der Waals surface area contributed by atoms with E-state index in [1.54, 1.807) is 47.5 Å². The summed E-state index contributed by atoms with van der Waals surface area (Å²) in [4.78, 5) is 26.2. The molecule has 0 fully saturated rings. The van der Waals surface area contributed by atoms with Crippen LogP contribution in [0.1, 0.15) is 21.6 Å². The van der Waals surface area contributed by atoms with Crippen molar-refractivity contribution in [2.24, 2.45) is 5.10 Å². The molecule has 2 heterocycles. The number of nitro groups is 1. The van der Waals surface area contributed by atoms with Gasteiger partial charge in [-0.05, 0) is 17.7 Å². The van der Waals surface area contributed by atoms with Crippen molar-refractivity contribution in [1.82, 2.24) is 20.2 Å². The molecular formula is C17H14N6O3. The van der Waals surface area contributed by atoms with Crippen molar-refractivity contribution < 1.29 is 9.72 Å². The molecule has 1 N–H and O–H groups in total. The Morgan fingerprint density at radius 1 is 1.27 bits per heavy atom. The fourth-order valence-electron chi connectivity index (χ4n) is 2.16. The molecule has 0 saturated carbocycles. The van der Waals surface area contributed by atoms with Gasteiger partial charge in [-0.25, -0.2) is 5.43 Å². The number of nitrogens with zero attached hydrogens (tertiary/aromatic N) is 5. The van der Waals surface area contributed by atoms with E-state index < -0.39 is 10.8 Å². The van der Waals surface area contributed by atoms with Gasteiger partial charge in [0, 0.05) is 36.3 Å². The van der Waals surface area contributed by atoms with Crippen LogP contribution in [-0.4, -0.2) is 31.8 Å². The number of benzene rings is 1. The first-order valence-corrected chi connectivity index (χ1v) is 7.62. The van der Waals surface area contributed by atoms with Gasteiger partial charge >= 0.3 is 0 Å². The Balaban J connectivity index is 1.59. The van der Waals surface area contributed by atoms with E-state index in [0.717, 1.165) is 11.1 Å². The standard InChI is InChI=1S/C17H14N6O3/c24-17(20-19-11-14-2-1-8-18-10-14)16-7-9-22(21-16)12-13-3-5-15(6-4-13)23(25)26/h1-11H,12H2,(H,20,24)/b19-11-. The SMILES string of the molecule is O=C(N/N=C\c1cccnc1)c1ccn(Cc2ccc([N+](=O)[O-])cc2)n1. The van der Waals surface area contributed by atoms with E-state index in [-0.39, 0.29) is 11.4 Å². The predicted molar refractivity (Wildman–Crippen MR) is 93.7 cm³/mol. The van der Waals surface area contributed by atoms with Gasteiger partial charge in [0.05, 0.1) is 17.7 Å². The van der Waals surface area contributed by atoms with Crippen LogP contribution in [-0.2, 0) is 6.54 Å². The van der Waals surface area contributed by atoms with Crippen LogP contribution in [0.2, 0.25) is 0 Å². The third kappa shape index (κ3) is 4.35. The van der Waals surface area contributed by atoms with Crippen LogP contribution in [0, 0.1) is 10.1 Å². The van der Waals surface area contributed by atoms with Crippen LogP contribution >= 0.6 is 0 Å². The number of hydrogen-bond acceptors (Lipinski definition) is 6. The maximum absolute atomic E-state index is 12.0. The summed E-state index contributed by atoms with van der Waals surface area (Å²) in [6.45, 7) is 0.393. The van der Waals surface area contributed by atoms with Gasteiger partial charge in [-0.3, -0.25) is 24.6 Å². The molecule has 0 aliphatic rings. The molecule has 130 valence electrons. The largest absolute Gasteiger partial charge is 0.291 e. The molecule has 9 nitrogen and oxygen atoms in total. The maximum atomic E-state index is 12.0. The Morgan fingerprint density at radius 2 is 2.08 bits per heavy atom. The Kier molecular flexibility index (Phi) is 5.08. The van der Waals surface area contributed by atoms with E-state index in [1.807, 2.05) is 6.07 Å². The van der Waals surface area contributed by atoms with Crippen LogP contribution in [0.3, 0.4) is 0 Å². The normalized spacial score (nSPS) is 10.8. The molecule has 1 aromatic carbocycles. The fourth-order valence-corrected chi connectivity index (χ4v) is 2.16. The summed E-state index contributed by atoms with van der Waals surface area (Å²) in [6.07, 6.45) is 6.40. The highest BCUT2D eigenvalue weighted by molar-refractivity contribution is 5.92. The molecule has 0 bridgehead atoms. The summed E-state index contributed by atoms with van der Waals surface area (Å²) < 4.78 is 1.57. The van der Waals surface area contributed by atoms with Crippen LogP contribution < -0.4 is 5.43 Å². The summed E-state index contributed by atoms with van der Waals surface area (Å²) in [5.74, 6) is -0.437. The average Bonchev–Trinajstić information content (AvgIpc) is 3.11. The number of amides is 1. The van der Waals surface area contributed by atoms with E-state index in [9.17, 15) is 14.9 Å². The van der Waals surface area contributed by atoms with Gasteiger partial charge in [-0.1, -0.05) is 18.2 Å². The second-order valence-electron chi connectivity index (χ2n) is 5.31. The molecule has 0 atom stereocenters. The van der Waals surface area contributed by atoms with Crippen molar-refractivity contribution in [2.75, 3.05) is 0 Å². The first-order valence-electron chi connectivity index (χ1n) is 7.62. The second-order valence-corrected chi connectivity index (χ2v) is 5.31. The van der Waals surface area contributed by atoms with Gasteiger partial charge in [0.1, 0.15) is 0 Å². The van der Waals surface area contributed by atoms with Crippen LogP contribution in [0.25, 0.3) is 0 Å². The number of nitro benzene ring substituents is 1. The van der Waals surface area contributed by atoms with Crippen molar-refractivity contribution in [1.29, 1.82) is 0 Å². The lowest BCUT2D eigenvalue weighted by Crippen LogP contribution is -2.18. The lowest BCUT2D eigenvalue weighted by molar-refractivity contribution is -0.384. The number of nitrogens with one attached hydrogen (secondary N) is 1. The molecule has 0 unspecified atom stereocenters. The minimum absolute atomic E-state index is 0.0285. The zero-order chi connectivity index (χ0) is 18.4. The van der Waals surface area contributed by atoms with Gasteiger partial charge in [0.2, 0.25) is 0 Å². The van der Waals surface area contributed by atoms with E-state index in [4.69, 9.17) is 0 Å². The van der Waals surface area contributed by atoms with Crippen molar-refractivity contribution in [3.8, 4) is 0 Å². The zero-order valence-corrected chi connectivity index (χ0v) is 13.5. The zero-order valence-electron chi connectivity index (χ0n) is 13.5. The molecule has 3 rings (SSSR count). The summed E-state index contributed by atoms with van der Waals surface area (Å²) in [7, 11) is 0. The van der Waals surface area contributed by atoms with Gasteiger partial charge in [0.15, 0.2) is 5.69 Å². The molecule has 2 aromatic heterocycles. The number of rotatable bonds is 6. The lowest BCUT2D eigenvalue weighted by Gasteiger charge is -2.01. The third-order valence-corrected chi connectivity index (χ3v) is 3.43. The smallest absolute Gasteiger partial charge is 0.268 e. The monoisotopic (exact) mass is 350 g/mol. The van der Waals surface area contributed by atoms with Gasteiger partial charge in [-0.15, -0.1) is 0 Å². The minimum Gasteiger partial charge on any atom is -0.268 e. The van der Waals surface area contributed by atoms with Crippen LogP contribution in [0.4, 0.5) is 5.69 Å². The van der Waals surface area contributed by atoms with Crippen molar-refractivity contribution >= 4 is 17.8 Å². The van der Waals surface area contributed by atoms with E-state index in [0.29, 0.717) is 6.54 Å². The van der Waals surface area contributed by atoms with Gasteiger partial charge in [-0.2, -0.15) is 10.2 Å². The molecule has 0 saturated heterocycles. The summed E-state index contributed by atoms with van der Waals surface area (Å²) in [5.41, 5.74) is 4.24. The maximum Gasteiger partial charge on any atom is 0.291 e. The molecular weight excluding hydrogens is 336 g/mol. The predicted octanol–water partition coefficient (Wildman–Crippen LogP) is 2.00. The van der Waals surface area contributed by atoms with Crippen LogP contribution in [0.15, 0.2) is 66.2 Å². The molecule has 0 aliphatic heterocycles. The number of carbonyl (C=O) groups excluding carboxylic acids is 1. The quantitative estimate of drug-likeness (QED) is 0.415. The Morgan fingerprint density at radius 3 is 2.77 bits per heavy atom. The second kappa shape index (κ2) is 7.79. The molecule has 3 aromatic rings. The van der Waals surface area contributed by atoms with Crippen LogP contribution in [0.5, 0.6) is 0 Å². The topological polar surface area (TPSA) is 115 Å². The summed E-state index contributed by atoms with van der Waals surface area (Å²) in [5, 5.41) is 18.7. The average molecular weight is 350 g/mol. The van der Waals surface area contributed by atoms with E-state index in [1.165, 1.54) is 18.3 Å². The number of hydrogen-bond donors (Lipinski definition) is 1. The lowest BCUT2D eigenvalue weighted by atomic mass is 10.2. The van der Waals surface area contributed by atoms with Crippen molar-refractivity contribution in [2.45, 2.75) is 6.54 Å². The third-order valence-electron chi connectivity index (χ3n) is 3.43. The molecule has 9 heteroatoms. The van der Waals surface area contributed by atoms with E-state index >= 15 is 0 Å².